The Kier molecular flexibility index (Phi) is 12.3. The van der Waals surface area contributed by atoms with Crippen LogP contribution in [0.15, 0.2) is 12.2 Å². The number of hydrogen-bond donors (Lipinski definition) is 1. The standard InChI is InChI=1S/C22H38O4/c1-3-5-8-11-19(23)16-14-18-15-17-21(24)20(18)12-9-6-7-10-13-22(25)26-4-2/h14,16,18-20,23H,3-13,15,17H2,1-2H3/t18-,19?,20+/m0/s1. The summed E-state index contributed by atoms with van der Waals surface area (Å²) in [5, 5.41) is 10.0. The molecular formula is C22H38O4. The predicted molar refractivity (Wildman–Crippen MR) is 105 cm³/mol. The van der Waals surface area contributed by atoms with Gasteiger partial charge in [-0.05, 0) is 38.5 Å². The van der Waals surface area contributed by atoms with Crippen LogP contribution in [0, 0.1) is 11.8 Å². The Labute approximate surface area is 159 Å². The van der Waals surface area contributed by atoms with Crippen LogP contribution in [0.4, 0.5) is 0 Å². The average Bonchev–Trinajstić information content (AvgIpc) is 2.96. The van der Waals surface area contributed by atoms with Gasteiger partial charge in [-0.3, -0.25) is 9.59 Å². The summed E-state index contributed by atoms with van der Waals surface area (Å²) in [6.45, 7) is 4.43. The molecule has 0 aromatic carbocycles. The number of hydrogen-bond acceptors (Lipinski definition) is 4. The van der Waals surface area contributed by atoms with Gasteiger partial charge in [-0.15, -0.1) is 0 Å². The van der Waals surface area contributed by atoms with Gasteiger partial charge in [0.25, 0.3) is 0 Å². The number of rotatable bonds is 14. The molecule has 4 nitrogen and oxygen atoms in total. The van der Waals surface area contributed by atoms with E-state index >= 15 is 0 Å². The number of allylic oxidation sites excluding steroid dienone is 1. The highest BCUT2D eigenvalue weighted by molar-refractivity contribution is 5.83. The fourth-order valence-corrected chi connectivity index (χ4v) is 3.73. The molecule has 3 atom stereocenters. The first-order valence-electron chi connectivity index (χ1n) is 10.6. The Bertz CT molecular complexity index is 430. The van der Waals surface area contributed by atoms with Crippen LogP contribution in [0.2, 0.25) is 0 Å². The first-order chi connectivity index (χ1) is 12.6. The minimum Gasteiger partial charge on any atom is -0.466 e. The maximum atomic E-state index is 12.2. The van der Waals surface area contributed by atoms with Crippen molar-refractivity contribution >= 4 is 11.8 Å². The first kappa shape index (κ1) is 22.9. The van der Waals surface area contributed by atoms with Crippen LogP contribution in [0.1, 0.15) is 90.9 Å². The lowest BCUT2D eigenvalue weighted by molar-refractivity contribution is -0.143. The summed E-state index contributed by atoms with van der Waals surface area (Å²) in [6.07, 6.45) is 14.8. The second-order valence-electron chi connectivity index (χ2n) is 7.48. The summed E-state index contributed by atoms with van der Waals surface area (Å²) in [6, 6.07) is 0. The van der Waals surface area contributed by atoms with Gasteiger partial charge in [0.05, 0.1) is 12.7 Å². The molecule has 1 aliphatic rings. The van der Waals surface area contributed by atoms with Crippen molar-refractivity contribution in [2.24, 2.45) is 11.8 Å². The van der Waals surface area contributed by atoms with Gasteiger partial charge in [0.2, 0.25) is 0 Å². The van der Waals surface area contributed by atoms with Gasteiger partial charge in [-0.2, -0.15) is 0 Å². The number of esters is 1. The maximum absolute atomic E-state index is 12.2. The van der Waals surface area contributed by atoms with Crippen LogP contribution >= 0.6 is 0 Å². The molecule has 1 fully saturated rings. The number of ketones is 1. The fourth-order valence-electron chi connectivity index (χ4n) is 3.73. The topological polar surface area (TPSA) is 63.6 Å². The molecule has 1 saturated carbocycles. The number of unbranched alkanes of at least 4 members (excludes halogenated alkanes) is 5. The van der Waals surface area contributed by atoms with Crippen molar-refractivity contribution in [3.05, 3.63) is 12.2 Å². The number of carbonyl (C=O) groups is 2. The third kappa shape index (κ3) is 9.51. The number of ether oxygens (including phenoxy) is 1. The van der Waals surface area contributed by atoms with Crippen LogP contribution in [-0.4, -0.2) is 29.6 Å². The second-order valence-corrected chi connectivity index (χ2v) is 7.48. The highest BCUT2D eigenvalue weighted by Crippen LogP contribution is 2.34. The average molecular weight is 367 g/mol. The zero-order valence-corrected chi connectivity index (χ0v) is 16.8. The van der Waals surface area contributed by atoms with Gasteiger partial charge in [-0.25, -0.2) is 0 Å². The van der Waals surface area contributed by atoms with Crippen LogP contribution in [-0.2, 0) is 14.3 Å². The Morgan fingerprint density at radius 2 is 1.96 bits per heavy atom. The van der Waals surface area contributed by atoms with Crippen molar-refractivity contribution in [1.82, 2.24) is 0 Å². The third-order valence-electron chi connectivity index (χ3n) is 5.29. The van der Waals surface area contributed by atoms with Gasteiger partial charge in [0, 0.05) is 18.8 Å². The summed E-state index contributed by atoms with van der Waals surface area (Å²) < 4.78 is 4.92. The summed E-state index contributed by atoms with van der Waals surface area (Å²) in [5.74, 6) is 0.690. The van der Waals surface area contributed by atoms with Crippen LogP contribution in [0.3, 0.4) is 0 Å². The normalized spacial score (nSPS) is 21.4. The third-order valence-corrected chi connectivity index (χ3v) is 5.29. The Morgan fingerprint density at radius 1 is 1.19 bits per heavy atom. The lowest BCUT2D eigenvalue weighted by Crippen LogP contribution is -2.14. The summed E-state index contributed by atoms with van der Waals surface area (Å²) in [7, 11) is 0. The van der Waals surface area contributed by atoms with Crippen LogP contribution < -0.4 is 0 Å². The summed E-state index contributed by atoms with van der Waals surface area (Å²) in [5.41, 5.74) is 0. The lowest BCUT2D eigenvalue weighted by atomic mass is 9.89. The molecule has 0 spiro atoms. The molecule has 1 aliphatic carbocycles. The number of aliphatic hydroxyl groups excluding tert-OH is 1. The lowest BCUT2D eigenvalue weighted by Gasteiger charge is -2.15. The predicted octanol–water partition coefficient (Wildman–Crippen LogP) is 4.98. The molecule has 1 unspecified atom stereocenters. The second kappa shape index (κ2) is 14.0. The summed E-state index contributed by atoms with van der Waals surface area (Å²) >= 11 is 0. The molecule has 4 heteroatoms. The monoisotopic (exact) mass is 366 g/mol. The number of aliphatic hydroxyl groups is 1. The number of Topliss-reactive ketones (excluding diaryl/α,β-unsaturated/α-hetero) is 1. The van der Waals surface area contributed by atoms with Crippen LogP contribution in [0.25, 0.3) is 0 Å². The van der Waals surface area contributed by atoms with Crippen molar-refractivity contribution < 1.29 is 19.4 Å². The minimum absolute atomic E-state index is 0.110. The molecule has 0 heterocycles. The summed E-state index contributed by atoms with van der Waals surface area (Å²) in [4.78, 5) is 23.4. The fraction of sp³-hybridized carbons (Fsp3) is 0.818. The Morgan fingerprint density at radius 3 is 2.69 bits per heavy atom. The van der Waals surface area contributed by atoms with Gasteiger partial charge < -0.3 is 9.84 Å². The quantitative estimate of drug-likeness (QED) is 0.267. The van der Waals surface area contributed by atoms with E-state index in [1.807, 2.05) is 13.0 Å². The van der Waals surface area contributed by atoms with Crippen molar-refractivity contribution in [3.8, 4) is 0 Å². The highest BCUT2D eigenvalue weighted by atomic mass is 16.5. The highest BCUT2D eigenvalue weighted by Gasteiger charge is 2.32. The van der Waals surface area contributed by atoms with E-state index in [1.165, 1.54) is 0 Å². The SMILES string of the molecule is CCCCCC(O)C=C[C@H]1CCC(=O)[C@@H]1CCCCCCC(=O)OCC. The zero-order chi connectivity index (χ0) is 19.2. The van der Waals surface area contributed by atoms with Crippen molar-refractivity contribution in [2.75, 3.05) is 6.61 Å². The minimum atomic E-state index is -0.374. The van der Waals surface area contributed by atoms with E-state index < -0.39 is 0 Å². The van der Waals surface area contributed by atoms with Crippen molar-refractivity contribution in [1.29, 1.82) is 0 Å². The Hall–Kier alpha value is -1.16. The molecule has 26 heavy (non-hydrogen) atoms. The smallest absolute Gasteiger partial charge is 0.305 e. The maximum Gasteiger partial charge on any atom is 0.305 e. The van der Waals surface area contributed by atoms with E-state index in [9.17, 15) is 14.7 Å². The molecular weight excluding hydrogens is 328 g/mol. The molecule has 1 N–H and O–H groups in total. The molecule has 0 amide bonds. The van der Waals surface area contributed by atoms with E-state index in [0.29, 0.717) is 31.1 Å². The van der Waals surface area contributed by atoms with Gasteiger partial charge in [0.1, 0.15) is 5.78 Å². The van der Waals surface area contributed by atoms with Crippen molar-refractivity contribution in [3.63, 3.8) is 0 Å². The molecule has 0 saturated heterocycles. The molecule has 1 rings (SSSR count). The van der Waals surface area contributed by atoms with E-state index in [0.717, 1.165) is 64.2 Å². The van der Waals surface area contributed by atoms with Gasteiger partial charge >= 0.3 is 5.97 Å². The first-order valence-corrected chi connectivity index (χ1v) is 10.6. The molecule has 0 radical (unpaired) electrons. The van der Waals surface area contributed by atoms with E-state index in [2.05, 4.69) is 13.0 Å². The zero-order valence-electron chi connectivity index (χ0n) is 16.8. The van der Waals surface area contributed by atoms with E-state index in [1.54, 1.807) is 0 Å². The van der Waals surface area contributed by atoms with Gasteiger partial charge in [-0.1, -0.05) is 57.6 Å². The van der Waals surface area contributed by atoms with E-state index in [4.69, 9.17) is 4.74 Å². The van der Waals surface area contributed by atoms with Crippen molar-refractivity contribution in [2.45, 2.75) is 97.0 Å². The Balaban J connectivity index is 2.24. The van der Waals surface area contributed by atoms with E-state index in [-0.39, 0.29) is 18.0 Å². The number of carbonyl (C=O) groups excluding carboxylic acids is 2. The molecule has 0 aliphatic heterocycles. The van der Waals surface area contributed by atoms with Gasteiger partial charge in [0.15, 0.2) is 0 Å². The largest absolute Gasteiger partial charge is 0.466 e. The van der Waals surface area contributed by atoms with Crippen LogP contribution in [0.5, 0.6) is 0 Å². The molecule has 0 bridgehead atoms. The molecule has 0 aromatic heterocycles. The molecule has 0 aromatic rings. The molecule has 150 valence electrons.